The van der Waals surface area contributed by atoms with Crippen molar-refractivity contribution in [2.24, 2.45) is 11.8 Å². The summed E-state index contributed by atoms with van der Waals surface area (Å²) in [7, 11) is 1.64. The molecule has 0 radical (unpaired) electrons. The molecule has 1 aliphatic rings. The summed E-state index contributed by atoms with van der Waals surface area (Å²) in [5, 5.41) is 10.1. The minimum absolute atomic E-state index is 0.170. The fourth-order valence-electron chi connectivity index (χ4n) is 2.75. The summed E-state index contributed by atoms with van der Waals surface area (Å²) < 4.78 is 5.26. The van der Waals surface area contributed by atoms with E-state index < -0.39 is 0 Å². The van der Waals surface area contributed by atoms with Gasteiger partial charge < -0.3 is 9.84 Å². The Morgan fingerprint density at radius 1 is 1.47 bits per heavy atom. The van der Waals surface area contributed by atoms with Crippen LogP contribution in [0, 0.1) is 11.8 Å². The monoisotopic (exact) mass is 235 g/mol. The summed E-state index contributed by atoms with van der Waals surface area (Å²) in [5.74, 6) is 1.75. The van der Waals surface area contributed by atoms with Crippen LogP contribution in [-0.4, -0.2) is 23.3 Å². The Morgan fingerprint density at radius 3 is 3.06 bits per heavy atom. The summed E-state index contributed by atoms with van der Waals surface area (Å²) in [4.78, 5) is 4.20. The Bertz CT molecular complexity index is 367. The van der Waals surface area contributed by atoms with Crippen molar-refractivity contribution >= 4 is 0 Å². The SMILES string of the molecule is COc1ncccc1CC1CC(C)CCC1O. The van der Waals surface area contributed by atoms with Crippen LogP contribution in [0.4, 0.5) is 0 Å². The van der Waals surface area contributed by atoms with Crippen molar-refractivity contribution in [3.63, 3.8) is 0 Å². The molecule has 1 saturated carbocycles. The lowest BCUT2D eigenvalue weighted by Crippen LogP contribution is -2.29. The smallest absolute Gasteiger partial charge is 0.216 e. The second kappa shape index (κ2) is 5.50. The molecule has 94 valence electrons. The minimum atomic E-state index is -0.170. The first-order valence-corrected chi connectivity index (χ1v) is 6.36. The topological polar surface area (TPSA) is 42.4 Å². The van der Waals surface area contributed by atoms with Crippen molar-refractivity contribution in [3.05, 3.63) is 23.9 Å². The highest BCUT2D eigenvalue weighted by molar-refractivity contribution is 5.26. The van der Waals surface area contributed by atoms with E-state index in [1.807, 2.05) is 12.1 Å². The molecule has 1 heterocycles. The number of hydrogen-bond donors (Lipinski definition) is 1. The average Bonchev–Trinajstić information content (AvgIpc) is 2.34. The Hall–Kier alpha value is -1.09. The second-order valence-electron chi connectivity index (χ2n) is 5.12. The zero-order valence-electron chi connectivity index (χ0n) is 10.6. The van der Waals surface area contributed by atoms with Crippen LogP contribution in [0.2, 0.25) is 0 Å². The van der Waals surface area contributed by atoms with E-state index in [0.717, 1.165) is 31.2 Å². The standard InChI is InChI=1S/C14H21NO2/c1-10-5-6-13(16)12(8-10)9-11-4-3-7-15-14(11)17-2/h3-4,7,10,12-13,16H,5-6,8-9H2,1-2H3. The van der Waals surface area contributed by atoms with Crippen LogP contribution in [-0.2, 0) is 6.42 Å². The molecule has 3 unspecified atom stereocenters. The Kier molecular flexibility index (Phi) is 4.00. The largest absolute Gasteiger partial charge is 0.481 e. The minimum Gasteiger partial charge on any atom is -0.481 e. The molecule has 0 aliphatic heterocycles. The molecule has 3 nitrogen and oxygen atoms in total. The molecule has 1 aliphatic carbocycles. The van der Waals surface area contributed by atoms with Crippen LogP contribution in [0.15, 0.2) is 18.3 Å². The zero-order chi connectivity index (χ0) is 12.3. The van der Waals surface area contributed by atoms with Gasteiger partial charge in [0.05, 0.1) is 13.2 Å². The Morgan fingerprint density at radius 2 is 2.29 bits per heavy atom. The molecule has 1 fully saturated rings. The molecule has 0 bridgehead atoms. The normalized spacial score (nSPS) is 29.0. The molecule has 1 N–H and O–H groups in total. The fourth-order valence-corrected chi connectivity index (χ4v) is 2.75. The van der Waals surface area contributed by atoms with Gasteiger partial charge in [-0.15, -0.1) is 0 Å². The average molecular weight is 235 g/mol. The lowest BCUT2D eigenvalue weighted by Gasteiger charge is -2.31. The predicted molar refractivity (Wildman–Crippen MR) is 67.0 cm³/mol. The van der Waals surface area contributed by atoms with Gasteiger partial charge in [0, 0.05) is 11.8 Å². The second-order valence-corrected chi connectivity index (χ2v) is 5.12. The highest BCUT2D eigenvalue weighted by Gasteiger charge is 2.27. The third-order valence-electron chi connectivity index (χ3n) is 3.73. The molecular formula is C14H21NO2. The molecule has 17 heavy (non-hydrogen) atoms. The van der Waals surface area contributed by atoms with Crippen molar-refractivity contribution < 1.29 is 9.84 Å². The maximum absolute atomic E-state index is 10.1. The molecule has 1 aromatic heterocycles. The zero-order valence-corrected chi connectivity index (χ0v) is 10.6. The summed E-state index contributed by atoms with van der Waals surface area (Å²) in [6, 6.07) is 3.97. The van der Waals surface area contributed by atoms with Crippen LogP contribution in [0.3, 0.4) is 0 Å². The quantitative estimate of drug-likeness (QED) is 0.875. The van der Waals surface area contributed by atoms with Crippen molar-refractivity contribution in [2.45, 2.75) is 38.7 Å². The number of aliphatic hydroxyl groups is 1. The van der Waals surface area contributed by atoms with E-state index in [0.29, 0.717) is 17.7 Å². The highest BCUT2D eigenvalue weighted by atomic mass is 16.5. The number of aromatic nitrogens is 1. The summed E-state index contributed by atoms with van der Waals surface area (Å²) in [5.41, 5.74) is 1.10. The maximum Gasteiger partial charge on any atom is 0.216 e. The van der Waals surface area contributed by atoms with Gasteiger partial charge in [0.1, 0.15) is 0 Å². The van der Waals surface area contributed by atoms with E-state index in [1.54, 1.807) is 13.3 Å². The molecule has 0 amide bonds. The molecule has 3 heteroatoms. The number of methoxy groups -OCH3 is 1. The van der Waals surface area contributed by atoms with Gasteiger partial charge in [-0.1, -0.05) is 13.0 Å². The van der Waals surface area contributed by atoms with Crippen molar-refractivity contribution in [1.29, 1.82) is 0 Å². The van der Waals surface area contributed by atoms with E-state index in [2.05, 4.69) is 11.9 Å². The van der Waals surface area contributed by atoms with E-state index in [4.69, 9.17) is 4.74 Å². The van der Waals surface area contributed by atoms with Gasteiger partial charge in [-0.25, -0.2) is 4.98 Å². The van der Waals surface area contributed by atoms with Crippen LogP contribution in [0.25, 0.3) is 0 Å². The third kappa shape index (κ3) is 2.97. The van der Waals surface area contributed by atoms with Gasteiger partial charge in [-0.05, 0) is 43.6 Å². The molecule has 0 saturated heterocycles. The Balaban J connectivity index is 2.08. The van der Waals surface area contributed by atoms with Crippen LogP contribution in [0.1, 0.15) is 31.7 Å². The summed E-state index contributed by atoms with van der Waals surface area (Å²) >= 11 is 0. The van der Waals surface area contributed by atoms with Gasteiger partial charge in [0.25, 0.3) is 0 Å². The van der Waals surface area contributed by atoms with Crippen molar-refractivity contribution in [3.8, 4) is 5.88 Å². The highest BCUT2D eigenvalue weighted by Crippen LogP contribution is 2.32. The first-order chi connectivity index (χ1) is 8.20. The van der Waals surface area contributed by atoms with Gasteiger partial charge >= 0.3 is 0 Å². The van der Waals surface area contributed by atoms with E-state index in [1.165, 1.54) is 0 Å². The van der Waals surface area contributed by atoms with Gasteiger partial charge in [-0.2, -0.15) is 0 Å². The molecule has 0 spiro atoms. The predicted octanol–water partition coefficient (Wildman–Crippen LogP) is 2.43. The molecule has 1 aromatic rings. The number of rotatable bonds is 3. The van der Waals surface area contributed by atoms with Gasteiger partial charge in [0.2, 0.25) is 5.88 Å². The maximum atomic E-state index is 10.1. The number of hydrogen-bond acceptors (Lipinski definition) is 3. The lowest BCUT2D eigenvalue weighted by atomic mass is 9.77. The van der Waals surface area contributed by atoms with Gasteiger partial charge in [-0.3, -0.25) is 0 Å². The molecule has 0 aromatic carbocycles. The number of nitrogens with zero attached hydrogens (tertiary/aromatic N) is 1. The third-order valence-corrected chi connectivity index (χ3v) is 3.73. The lowest BCUT2D eigenvalue weighted by molar-refractivity contribution is 0.0516. The molecular weight excluding hydrogens is 214 g/mol. The number of aliphatic hydroxyl groups excluding tert-OH is 1. The van der Waals surface area contributed by atoms with E-state index >= 15 is 0 Å². The molecule has 3 atom stereocenters. The first kappa shape index (κ1) is 12.4. The van der Waals surface area contributed by atoms with E-state index in [-0.39, 0.29) is 6.10 Å². The first-order valence-electron chi connectivity index (χ1n) is 6.36. The summed E-state index contributed by atoms with van der Waals surface area (Å²) in [6.07, 6.45) is 5.59. The van der Waals surface area contributed by atoms with E-state index in [9.17, 15) is 5.11 Å². The van der Waals surface area contributed by atoms with Gasteiger partial charge in [0.15, 0.2) is 0 Å². The van der Waals surface area contributed by atoms with Crippen molar-refractivity contribution in [1.82, 2.24) is 4.98 Å². The fraction of sp³-hybridized carbons (Fsp3) is 0.643. The van der Waals surface area contributed by atoms with Crippen molar-refractivity contribution in [2.75, 3.05) is 7.11 Å². The Labute approximate surface area is 103 Å². The number of ether oxygens (including phenoxy) is 1. The summed E-state index contributed by atoms with van der Waals surface area (Å²) in [6.45, 7) is 2.26. The molecule has 2 rings (SSSR count). The van der Waals surface area contributed by atoms with Crippen LogP contribution in [0.5, 0.6) is 5.88 Å². The number of pyridine rings is 1. The van der Waals surface area contributed by atoms with Crippen LogP contribution >= 0.6 is 0 Å². The van der Waals surface area contributed by atoms with Crippen LogP contribution < -0.4 is 4.74 Å².